The van der Waals surface area contributed by atoms with Gasteiger partial charge in [-0.05, 0) is 52.0 Å². The zero-order chi connectivity index (χ0) is 24.0. The van der Waals surface area contributed by atoms with Gasteiger partial charge in [0.05, 0.1) is 12.6 Å². The number of hydrogen-bond acceptors (Lipinski definition) is 7. The fourth-order valence-corrected chi connectivity index (χ4v) is 4.15. The van der Waals surface area contributed by atoms with Gasteiger partial charge < -0.3 is 14.8 Å². The molecule has 2 heterocycles. The molecule has 1 atom stereocenters. The van der Waals surface area contributed by atoms with Gasteiger partial charge in [-0.15, -0.1) is 0 Å². The van der Waals surface area contributed by atoms with Crippen LogP contribution in [0.5, 0.6) is 0 Å². The average Bonchev–Trinajstić information content (AvgIpc) is 3.23. The number of aliphatic hydroxyl groups excluding tert-OH is 1. The van der Waals surface area contributed by atoms with Gasteiger partial charge in [0.2, 0.25) is 5.89 Å². The summed E-state index contributed by atoms with van der Waals surface area (Å²) in [6.07, 6.45) is 0.964. The summed E-state index contributed by atoms with van der Waals surface area (Å²) < 4.78 is 18.5. The molecule has 2 N–H and O–H groups in total. The number of carbonyl (C=O) groups is 1. The highest BCUT2D eigenvalue weighted by Crippen LogP contribution is 2.13. The third-order valence-electron chi connectivity index (χ3n) is 5.93. The molecule has 1 saturated heterocycles. The average molecular weight is 462 g/mol. The molecule has 1 aromatic heterocycles. The van der Waals surface area contributed by atoms with E-state index in [4.69, 9.17) is 4.42 Å². The predicted molar refractivity (Wildman–Crippen MR) is 126 cm³/mol. The summed E-state index contributed by atoms with van der Waals surface area (Å²) in [7, 11) is 0. The number of nitrogens with one attached hydrogen (secondary N) is 1. The molecule has 0 bridgehead atoms. The molecule has 2 aromatic rings. The second kappa shape index (κ2) is 11.7. The Labute approximate surface area is 195 Å². The lowest BCUT2D eigenvalue weighted by Crippen LogP contribution is -2.51. The van der Waals surface area contributed by atoms with Gasteiger partial charge in [0.1, 0.15) is 12.1 Å². The van der Waals surface area contributed by atoms with Crippen LogP contribution in [0.2, 0.25) is 0 Å². The maximum atomic E-state index is 13.0. The fourth-order valence-electron chi connectivity index (χ4n) is 4.15. The normalized spacial score (nSPS) is 16.6. The van der Waals surface area contributed by atoms with Crippen LogP contribution in [0.1, 0.15) is 44.1 Å². The van der Waals surface area contributed by atoms with Crippen LogP contribution >= 0.6 is 0 Å². The van der Waals surface area contributed by atoms with Crippen molar-refractivity contribution in [3.63, 3.8) is 0 Å². The Balaban J connectivity index is 1.42. The van der Waals surface area contributed by atoms with Crippen LogP contribution < -0.4 is 5.32 Å². The number of hydrogen-bond donors (Lipinski definition) is 2. The number of β-amino-alcohol motifs (C(OH)–C–C–N with tert-alkyl or cyclic N) is 1. The van der Waals surface area contributed by atoms with E-state index < -0.39 is 5.91 Å². The first-order valence-corrected chi connectivity index (χ1v) is 11.6. The molecule has 0 radical (unpaired) electrons. The van der Waals surface area contributed by atoms with Crippen molar-refractivity contribution >= 4 is 11.6 Å². The summed E-state index contributed by atoms with van der Waals surface area (Å²) >= 11 is 0. The maximum absolute atomic E-state index is 13.0. The number of aliphatic hydroxyl groups is 1. The van der Waals surface area contributed by atoms with E-state index in [0.29, 0.717) is 43.3 Å². The molecule has 1 unspecified atom stereocenters. The Morgan fingerprint density at radius 1 is 1.12 bits per heavy atom. The highest BCUT2D eigenvalue weighted by Gasteiger charge is 2.23. The highest BCUT2D eigenvalue weighted by molar-refractivity contribution is 6.02. The van der Waals surface area contributed by atoms with E-state index in [1.807, 2.05) is 0 Å². The van der Waals surface area contributed by atoms with Crippen molar-refractivity contribution in [3.05, 3.63) is 47.9 Å². The molecule has 182 valence electrons. The molecule has 1 amide bonds. The minimum absolute atomic E-state index is 0.191. The minimum Gasteiger partial charge on any atom is -0.447 e. The van der Waals surface area contributed by atoms with Crippen molar-refractivity contribution in [2.75, 3.05) is 44.6 Å². The van der Waals surface area contributed by atoms with E-state index in [9.17, 15) is 14.3 Å². The predicted octanol–water partition coefficient (Wildman–Crippen LogP) is 2.66. The Hall–Kier alpha value is -2.33. The van der Waals surface area contributed by atoms with Crippen LogP contribution in [0.3, 0.4) is 0 Å². The SMILES string of the molecule is CC(C)N(CC(O)CN1CCN(Cc2nc(C(=O)Nc3ccc(F)cc3)co2)CC1)C(C)C. The molecule has 8 nitrogen and oxygen atoms in total. The van der Waals surface area contributed by atoms with Crippen molar-refractivity contribution in [2.45, 2.75) is 52.4 Å². The monoisotopic (exact) mass is 461 g/mol. The summed E-state index contributed by atoms with van der Waals surface area (Å²) in [6, 6.07) is 6.36. The van der Waals surface area contributed by atoms with Gasteiger partial charge >= 0.3 is 0 Å². The number of piperazine rings is 1. The lowest BCUT2D eigenvalue weighted by molar-refractivity contribution is 0.0319. The first-order valence-electron chi connectivity index (χ1n) is 11.6. The van der Waals surface area contributed by atoms with E-state index >= 15 is 0 Å². The number of aromatic nitrogens is 1. The number of nitrogens with zero attached hydrogens (tertiary/aromatic N) is 4. The van der Waals surface area contributed by atoms with Crippen molar-refractivity contribution in [1.82, 2.24) is 19.7 Å². The molecular formula is C24H36FN5O3. The quantitative estimate of drug-likeness (QED) is 0.563. The third kappa shape index (κ3) is 7.60. The Morgan fingerprint density at radius 3 is 2.33 bits per heavy atom. The molecule has 3 rings (SSSR count). The number of anilines is 1. The smallest absolute Gasteiger partial charge is 0.277 e. The number of rotatable bonds is 10. The van der Waals surface area contributed by atoms with Gasteiger partial charge in [0.15, 0.2) is 5.69 Å². The number of amides is 1. The number of oxazole rings is 1. The molecule has 9 heteroatoms. The lowest BCUT2D eigenvalue weighted by Gasteiger charge is -2.37. The van der Waals surface area contributed by atoms with Crippen molar-refractivity contribution in [2.24, 2.45) is 0 Å². The molecule has 0 aliphatic carbocycles. The number of carbonyl (C=O) groups excluding carboxylic acids is 1. The zero-order valence-corrected chi connectivity index (χ0v) is 20.0. The zero-order valence-electron chi connectivity index (χ0n) is 20.0. The van der Waals surface area contributed by atoms with Gasteiger partial charge in [0.25, 0.3) is 5.91 Å². The first-order chi connectivity index (χ1) is 15.7. The van der Waals surface area contributed by atoms with E-state index in [1.54, 1.807) is 0 Å². The minimum atomic E-state index is -0.396. The van der Waals surface area contributed by atoms with Crippen LogP contribution in [0.15, 0.2) is 34.9 Å². The van der Waals surface area contributed by atoms with Gasteiger partial charge in [-0.2, -0.15) is 0 Å². The third-order valence-corrected chi connectivity index (χ3v) is 5.93. The summed E-state index contributed by atoms with van der Waals surface area (Å²) in [4.78, 5) is 23.5. The number of halogens is 1. The Bertz CT molecular complexity index is 870. The van der Waals surface area contributed by atoms with Gasteiger partial charge in [-0.25, -0.2) is 9.37 Å². The standard InChI is InChI=1S/C24H36FN5O3/c1-17(2)30(18(3)4)14-21(31)13-28-9-11-29(12-10-28)15-23-27-22(16-33-23)24(32)26-20-7-5-19(25)6-8-20/h5-8,16-18,21,31H,9-15H2,1-4H3,(H,26,32). The fraction of sp³-hybridized carbons (Fsp3) is 0.583. The Kier molecular flexibility index (Phi) is 8.96. The summed E-state index contributed by atoms with van der Waals surface area (Å²) in [6.45, 7) is 13.9. The summed E-state index contributed by atoms with van der Waals surface area (Å²) in [5, 5.41) is 13.2. The van der Waals surface area contributed by atoms with Crippen LogP contribution in [-0.2, 0) is 6.54 Å². The second-order valence-electron chi connectivity index (χ2n) is 9.20. The molecule has 0 spiro atoms. The maximum Gasteiger partial charge on any atom is 0.277 e. The topological polar surface area (TPSA) is 85.1 Å². The van der Waals surface area contributed by atoms with Crippen LogP contribution in [0.4, 0.5) is 10.1 Å². The lowest BCUT2D eigenvalue weighted by atomic mass is 10.2. The van der Waals surface area contributed by atoms with Crippen LogP contribution in [-0.4, -0.2) is 88.2 Å². The van der Waals surface area contributed by atoms with Crippen molar-refractivity contribution < 1.29 is 18.7 Å². The van der Waals surface area contributed by atoms with E-state index in [2.05, 4.69) is 52.7 Å². The highest BCUT2D eigenvalue weighted by atomic mass is 19.1. The molecule has 33 heavy (non-hydrogen) atoms. The van der Waals surface area contributed by atoms with Crippen molar-refractivity contribution in [3.8, 4) is 0 Å². The van der Waals surface area contributed by atoms with E-state index in [1.165, 1.54) is 30.5 Å². The van der Waals surface area contributed by atoms with Gasteiger partial charge in [-0.1, -0.05) is 0 Å². The van der Waals surface area contributed by atoms with Crippen LogP contribution in [0, 0.1) is 5.82 Å². The van der Waals surface area contributed by atoms with Crippen LogP contribution in [0.25, 0.3) is 0 Å². The van der Waals surface area contributed by atoms with E-state index in [-0.39, 0.29) is 17.6 Å². The molecule has 1 aliphatic heterocycles. The summed E-state index contributed by atoms with van der Waals surface area (Å²) in [5.41, 5.74) is 0.685. The molecule has 0 saturated carbocycles. The first kappa shape index (κ1) is 25.3. The molecule has 1 aliphatic rings. The molecule has 1 aromatic carbocycles. The van der Waals surface area contributed by atoms with E-state index in [0.717, 1.165) is 26.2 Å². The second-order valence-corrected chi connectivity index (χ2v) is 9.20. The Morgan fingerprint density at radius 2 is 1.73 bits per heavy atom. The number of benzene rings is 1. The summed E-state index contributed by atoms with van der Waals surface area (Å²) in [5.74, 6) is -0.274. The van der Waals surface area contributed by atoms with Crippen molar-refractivity contribution in [1.29, 1.82) is 0 Å². The van der Waals surface area contributed by atoms with Gasteiger partial charge in [-0.3, -0.25) is 19.5 Å². The molecular weight excluding hydrogens is 425 g/mol. The molecule has 1 fully saturated rings. The van der Waals surface area contributed by atoms with Gasteiger partial charge in [0, 0.05) is 57.0 Å². The largest absolute Gasteiger partial charge is 0.447 e.